The molecule has 0 aliphatic carbocycles. The highest BCUT2D eigenvalue weighted by Gasteiger charge is 2.19. The lowest BCUT2D eigenvalue weighted by molar-refractivity contribution is -0.117. The highest BCUT2D eigenvalue weighted by atomic mass is 32.2. The summed E-state index contributed by atoms with van der Waals surface area (Å²) in [5.41, 5.74) is 0.766. The minimum atomic E-state index is -3.96. The number of nitrogens with one attached hydrogen (secondary N) is 2. The zero-order chi connectivity index (χ0) is 20.3. The summed E-state index contributed by atoms with van der Waals surface area (Å²) in [6, 6.07) is 10.6. The van der Waals surface area contributed by atoms with Crippen molar-refractivity contribution < 1.29 is 26.8 Å². The molecule has 0 aliphatic heterocycles. The van der Waals surface area contributed by atoms with E-state index in [4.69, 9.17) is 4.42 Å². The molecule has 1 aromatic heterocycles. The van der Waals surface area contributed by atoms with Crippen LogP contribution in [-0.2, 0) is 14.8 Å². The number of rotatable bonds is 5. The molecule has 2 amide bonds. The van der Waals surface area contributed by atoms with Crippen LogP contribution in [0.2, 0.25) is 0 Å². The van der Waals surface area contributed by atoms with Crippen LogP contribution in [0.25, 0.3) is 11.3 Å². The van der Waals surface area contributed by atoms with E-state index in [-0.39, 0.29) is 16.3 Å². The summed E-state index contributed by atoms with van der Waals surface area (Å²) in [6.07, 6.45) is 1.09. The normalized spacial score (nSPS) is 11.1. The van der Waals surface area contributed by atoms with Gasteiger partial charge in [0.1, 0.15) is 5.82 Å². The van der Waals surface area contributed by atoms with Gasteiger partial charge in [-0.3, -0.25) is 9.59 Å². The van der Waals surface area contributed by atoms with Crippen LogP contribution >= 0.6 is 0 Å². The van der Waals surface area contributed by atoms with E-state index < -0.39 is 27.7 Å². The van der Waals surface area contributed by atoms with Crippen LogP contribution in [0.4, 0.5) is 10.1 Å². The third kappa shape index (κ3) is 4.23. The van der Waals surface area contributed by atoms with Gasteiger partial charge in [0.2, 0.25) is 5.91 Å². The number of amides is 2. The molecule has 1 heterocycles. The van der Waals surface area contributed by atoms with Crippen LogP contribution in [0.5, 0.6) is 0 Å². The first-order valence-corrected chi connectivity index (χ1v) is 9.39. The minimum absolute atomic E-state index is 0.0125. The molecule has 0 aliphatic rings. The molecule has 3 rings (SSSR count). The maximum atomic E-state index is 13.1. The molecular formula is C18H14FN3O5S. The maximum Gasteiger partial charge on any atom is 0.278 e. The molecule has 8 nitrogen and oxygen atoms in total. The Labute approximate surface area is 159 Å². The second kappa shape index (κ2) is 7.61. The number of oxazole rings is 1. The number of hydrogen-bond acceptors (Lipinski definition) is 6. The highest BCUT2D eigenvalue weighted by molar-refractivity contribution is 7.90. The number of anilines is 1. The zero-order valence-corrected chi connectivity index (χ0v) is 15.3. The van der Waals surface area contributed by atoms with Crippen molar-refractivity contribution in [1.82, 2.24) is 9.71 Å². The van der Waals surface area contributed by atoms with Crippen molar-refractivity contribution in [1.29, 1.82) is 0 Å². The van der Waals surface area contributed by atoms with Crippen molar-refractivity contribution in [3.05, 3.63) is 66.4 Å². The van der Waals surface area contributed by atoms with Crippen molar-refractivity contribution in [3.8, 4) is 11.3 Å². The molecule has 3 aromatic rings. The van der Waals surface area contributed by atoms with Gasteiger partial charge in [-0.05, 0) is 48.5 Å². The number of carbonyl (C=O) groups excluding carboxylic acids is 2. The van der Waals surface area contributed by atoms with E-state index in [1.165, 1.54) is 48.5 Å². The molecule has 28 heavy (non-hydrogen) atoms. The molecule has 0 atom stereocenters. The van der Waals surface area contributed by atoms with E-state index in [0.717, 1.165) is 13.3 Å². The fourth-order valence-corrected chi connectivity index (χ4v) is 3.36. The van der Waals surface area contributed by atoms with Gasteiger partial charge in [-0.15, -0.1) is 0 Å². The molecule has 0 radical (unpaired) electrons. The van der Waals surface area contributed by atoms with E-state index in [1.54, 1.807) is 0 Å². The topological polar surface area (TPSA) is 118 Å². The first-order chi connectivity index (χ1) is 13.3. The zero-order valence-electron chi connectivity index (χ0n) is 14.5. The number of hydrogen-bond donors (Lipinski definition) is 2. The van der Waals surface area contributed by atoms with Crippen molar-refractivity contribution in [2.75, 3.05) is 5.32 Å². The summed E-state index contributed by atoms with van der Waals surface area (Å²) >= 11 is 0. The molecule has 0 spiro atoms. The van der Waals surface area contributed by atoms with Crippen molar-refractivity contribution in [2.45, 2.75) is 11.8 Å². The Bertz CT molecular complexity index is 1120. The predicted octanol–water partition coefficient (Wildman–Crippen LogP) is 2.56. The van der Waals surface area contributed by atoms with Crippen molar-refractivity contribution >= 4 is 27.5 Å². The van der Waals surface area contributed by atoms with Gasteiger partial charge in [0.15, 0.2) is 17.8 Å². The number of sulfonamides is 1. The second-order valence-electron chi connectivity index (χ2n) is 5.68. The van der Waals surface area contributed by atoms with Crippen LogP contribution in [-0.4, -0.2) is 25.2 Å². The maximum absolute atomic E-state index is 13.1. The molecular weight excluding hydrogens is 389 g/mol. The first kappa shape index (κ1) is 19.2. The Hall–Kier alpha value is -3.53. The Kier molecular flexibility index (Phi) is 5.23. The third-order valence-electron chi connectivity index (χ3n) is 3.59. The van der Waals surface area contributed by atoms with Crippen LogP contribution in [0.1, 0.15) is 17.4 Å². The summed E-state index contributed by atoms with van der Waals surface area (Å²) in [6.45, 7) is 1.09. The van der Waals surface area contributed by atoms with Gasteiger partial charge in [-0.1, -0.05) is 0 Å². The van der Waals surface area contributed by atoms with E-state index in [2.05, 4.69) is 10.3 Å². The molecule has 2 aromatic carbocycles. The fourth-order valence-electron chi connectivity index (χ4n) is 2.37. The van der Waals surface area contributed by atoms with Gasteiger partial charge in [-0.25, -0.2) is 22.5 Å². The average Bonchev–Trinajstić information content (AvgIpc) is 3.11. The van der Waals surface area contributed by atoms with Crippen molar-refractivity contribution in [2.24, 2.45) is 0 Å². The quantitative estimate of drug-likeness (QED) is 0.676. The van der Waals surface area contributed by atoms with Crippen LogP contribution in [0, 0.1) is 5.82 Å². The summed E-state index contributed by atoms with van der Waals surface area (Å²) in [5.74, 6) is -1.56. The predicted molar refractivity (Wildman–Crippen MR) is 97.3 cm³/mol. The molecule has 144 valence electrons. The molecule has 0 saturated heterocycles. The number of halogens is 1. The lowest BCUT2D eigenvalue weighted by atomic mass is 10.1. The first-order valence-electron chi connectivity index (χ1n) is 7.90. The molecule has 0 unspecified atom stereocenters. The second-order valence-corrected chi connectivity index (χ2v) is 7.36. The molecule has 0 saturated carbocycles. The van der Waals surface area contributed by atoms with Crippen molar-refractivity contribution in [3.63, 3.8) is 0 Å². The van der Waals surface area contributed by atoms with Crippen LogP contribution in [0.15, 0.2) is 64.2 Å². The van der Waals surface area contributed by atoms with Crippen LogP contribution in [0.3, 0.4) is 0 Å². The lowest BCUT2D eigenvalue weighted by Crippen LogP contribution is -2.28. The third-order valence-corrected chi connectivity index (χ3v) is 5.04. The van der Waals surface area contributed by atoms with Gasteiger partial charge in [0.25, 0.3) is 15.9 Å². The summed E-state index contributed by atoms with van der Waals surface area (Å²) < 4.78 is 44.0. The highest BCUT2D eigenvalue weighted by Crippen LogP contribution is 2.24. The SMILES string of the molecule is CC(=O)NS(=O)(=O)c1ccc(NC(=O)c2ncoc2-c2ccc(F)cc2)cc1. The van der Waals surface area contributed by atoms with E-state index in [0.29, 0.717) is 11.3 Å². The fraction of sp³-hybridized carbons (Fsp3) is 0.0556. The van der Waals surface area contributed by atoms with Gasteiger partial charge in [0, 0.05) is 18.2 Å². The summed E-state index contributed by atoms with van der Waals surface area (Å²) in [5, 5.41) is 2.57. The Morgan fingerprint density at radius 3 is 2.29 bits per heavy atom. The lowest BCUT2D eigenvalue weighted by Gasteiger charge is -2.07. The van der Waals surface area contributed by atoms with Gasteiger partial charge in [-0.2, -0.15) is 0 Å². The van der Waals surface area contributed by atoms with E-state index in [9.17, 15) is 22.4 Å². The smallest absolute Gasteiger partial charge is 0.278 e. The number of carbonyl (C=O) groups is 2. The standard InChI is InChI=1S/C18H14FN3O5S/c1-11(23)22-28(25,26)15-8-6-14(7-9-15)21-18(24)16-17(27-10-20-16)12-2-4-13(19)5-3-12/h2-10H,1H3,(H,21,24)(H,22,23). The summed E-state index contributed by atoms with van der Waals surface area (Å²) in [7, 11) is -3.96. The monoisotopic (exact) mass is 403 g/mol. The molecule has 0 fully saturated rings. The number of nitrogens with zero attached hydrogens (tertiary/aromatic N) is 1. The van der Waals surface area contributed by atoms with Gasteiger partial charge < -0.3 is 9.73 Å². The molecule has 10 heteroatoms. The number of benzene rings is 2. The van der Waals surface area contributed by atoms with Gasteiger partial charge in [0.05, 0.1) is 4.90 Å². The average molecular weight is 403 g/mol. The summed E-state index contributed by atoms with van der Waals surface area (Å²) in [4.78, 5) is 27.2. The van der Waals surface area contributed by atoms with E-state index >= 15 is 0 Å². The molecule has 2 N–H and O–H groups in total. The number of aromatic nitrogens is 1. The molecule has 0 bridgehead atoms. The Balaban J connectivity index is 1.78. The largest absolute Gasteiger partial charge is 0.443 e. The van der Waals surface area contributed by atoms with E-state index in [1.807, 2.05) is 4.72 Å². The van der Waals surface area contributed by atoms with Crippen LogP contribution < -0.4 is 10.0 Å². The van der Waals surface area contributed by atoms with Gasteiger partial charge >= 0.3 is 0 Å². The Morgan fingerprint density at radius 1 is 1.04 bits per heavy atom. The Morgan fingerprint density at radius 2 is 1.68 bits per heavy atom. The minimum Gasteiger partial charge on any atom is -0.443 e.